The molecule has 1 saturated heterocycles. The third-order valence-electron chi connectivity index (χ3n) is 3.61. The van der Waals surface area contributed by atoms with Crippen LogP contribution in [0.4, 0.5) is 0 Å². The fourth-order valence-electron chi connectivity index (χ4n) is 2.44. The predicted octanol–water partition coefficient (Wildman–Crippen LogP) is -1.29. The number of carbonyl (C=O) groups excluding carboxylic acids is 1. The van der Waals surface area contributed by atoms with Crippen LogP contribution in [0.3, 0.4) is 0 Å². The number of rotatable bonds is 5. The van der Waals surface area contributed by atoms with Crippen molar-refractivity contribution in [3.63, 3.8) is 0 Å². The molecule has 0 bridgehead atoms. The van der Waals surface area contributed by atoms with Crippen molar-refractivity contribution < 1.29 is 39.5 Å². The van der Waals surface area contributed by atoms with E-state index in [-0.39, 0.29) is 11.3 Å². The minimum absolute atomic E-state index is 0.0365. The van der Waals surface area contributed by atoms with Crippen LogP contribution in [0, 0.1) is 0 Å². The van der Waals surface area contributed by atoms with E-state index >= 15 is 0 Å². The zero-order valence-electron chi connectivity index (χ0n) is 12.8. The molecular weight excluding hydrogens is 322 g/mol. The Labute approximate surface area is 137 Å². The van der Waals surface area contributed by atoms with Gasteiger partial charge in [-0.1, -0.05) is 12.1 Å². The van der Waals surface area contributed by atoms with Gasteiger partial charge in [0.05, 0.1) is 6.61 Å². The van der Waals surface area contributed by atoms with E-state index in [1.165, 1.54) is 25.1 Å². The van der Waals surface area contributed by atoms with Crippen LogP contribution in [0.2, 0.25) is 0 Å². The van der Waals surface area contributed by atoms with Crippen molar-refractivity contribution in [1.82, 2.24) is 5.32 Å². The van der Waals surface area contributed by atoms with Gasteiger partial charge in [-0.3, -0.25) is 4.79 Å². The first-order chi connectivity index (χ1) is 11.3. The van der Waals surface area contributed by atoms with Crippen molar-refractivity contribution in [3.05, 3.63) is 29.8 Å². The van der Waals surface area contributed by atoms with Gasteiger partial charge in [-0.05, 0) is 12.1 Å². The number of amides is 1. The van der Waals surface area contributed by atoms with Gasteiger partial charge in [-0.15, -0.1) is 0 Å². The highest BCUT2D eigenvalue weighted by Crippen LogP contribution is 2.26. The number of carbonyl (C=O) groups is 2. The maximum atomic E-state index is 11.3. The van der Waals surface area contributed by atoms with Crippen LogP contribution in [0.1, 0.15) is 17.3 Å². The van der Waals surface area contributed by atoms with E-state index < -0.39 is 49.1 Å². The molecule has 0 radical (unpaired) electrons. The molecule has 0 unspecified atom stereocenters. The van der Waals surface area contributed by atoms with Gasteiger partial charge >= 0.3 is 5.97 Å². The number of aliphatic hydroxyl groups is 3. The maximum Gasteiger partial charge on any atom is 0.339 e. The number of ether oxygens (including phenoxy) is 2. The van der Waals surface area contributed by atoms with Gasteiger partial charge in [0.1, 0.15) is 35.7 Å². The van der Waals surface area contributed by atoms with Crippen LogP contribution < -0.4 is 10.1 Å². The number of carboxylic acids is 1. The molecule has 0 saturated carbocycles. The second kappa shape index (κ2) is 7.58. The van der Waals surface area contributed by atoms with Crippen LogP contribution >= 0.6 is 0 Å². The van der Waals surface area contributed by atoms with Crippen LogP contribution in [0.5, 0.6) is 5.75 Å². The number of aromatic carboxylic acids is 1. The summed E-state index contributed by atoms with van der Waals surface area (Å²) >= 11 is 0. The lowest BCUT2D eigenvalue weighted by molar-refractivity contribution is -0.244. The monoisotopic (exact) mass is 341 g/mol. The van der Waals surface area contributed by atoms with Gasteiger partial charge in [0.25, 0.3) is 0 Å². The van der Waals surface area contributed by atoms with E-state index in [2.05, 4.69) is 5.32 Å². The summed E-state index contributed by atoms with van der Waals surface area (Å²) in [7, 11) is 0. The van der Waals surface area contributed by atoms with Crippen molar-refractivity contribution >= 4 is 11.9 Å². The molecule has 24 heavy (non-hydrogen) atoms. The van der Waals surface area contributed by atoms with Gasteiger partial charge in [-0.25, -0.2) is 4.79 Å². The minimum Gasteiger partial charge on any atom is -0.478 e. The van der Waals surface area contributed by atoms with E-state index in [4.69, 9.17) is 9.47 Å². The quantitative estimate of drug-likeness (QED) is 0.445. The summed E-state index contributed by atoms with van der Waals surface area (Å²) in [6.45, 7) is 0.616. The zero-order chi connectivity index (χ0) is 17.9. The molecule has 5 atom stereocenters. The van der Waals surface area contributed by atoms with Crippen LogP contribution in [0.15, 0.2) is 24.3 Å². The SMILES string of the molecule is CC(=O)N[C@@H]1[C@H](Oc2ccccc2C(=O)O)O[C@H](CO)[C@@H](O)[C@@H]1O. The first-order valence-corrected chi connectivity index (χ1v) is 7.23. The topological polar surface area (TPSA) is 146 Å². The summed E-state index contributed by atoms with van der Waals surface area (Å²) in [5.41, 5.74) is -0.135. The molecule has 9 nitrogen and oxygen atoms in total. The van der Waals surface area contributed by atoms with Crippen molar-refractivity contribution in [3.8, 4) is 5.75 Å². The highest BCUT2D eigenvalue weighted by Gasteiger charge is 2.46. The second-order valence-electron chi connectivity index (χ2n) is 5.35. The lowest BCUT2D eigenvalue weighted by Gasteiger charge is -2.42. The third kappa shape index (κ3) is 3.82. The molecule has 0 spiro atoms. The Morgan fingerprint density at radius 2 is 1.92 bits per heavy atom. The molecule has 1 aliphatic heterocycles. The van der Waals surface area contributed by atoms with Gasteiger partial charge < -0.3 is 35.2 Å². The molecule has 1 heterocycles. The Kier molecular flexibility index (Phi) is 5.73. The van der Waals surface area contributed by atoms with E-state index in [1.807, 2.05) is 0 Å². The van der Waals surface area contributed by atoms with E-state index in [1.54, 1.807) is 6.07 Å². The summed E-state index contributed by atoms with van der Waals surface area (Å²) in [6, 6.07) is 4.62. The highest BCUT2D eigenvalue weighted by molar-refractivity contribution is 5.90. The summed E-state index contributed by atoms with van der Waals surface area (Å²) in [6.07, 6.45) is -5.36. The summed E-state index contributed by atoms with van der Waals surface area (Å²) in [5.74, 6) is -1.76. The third-order valence-corrected chi connectivity index (χ3v) is 3.61. The number of hydrogen-bond acceptors (Lipinski definition) is 7. The zero-order valence-corrected chi connectivity index (χ0v) is 12.8. The number of carboxylic acid groups (broad SMARTS) is 1. The Morgan fingerprint density at radius 1 is 1.25 bits per heavy atom. The molecule has 2 rings (SSSR count). The second-order valence-corrected chi connectivity index (χ2v) is 5.35. The van der Waals surface area contributed by atoms with E-state index in [0.717, 1.165) is 0 Å². The predicted molar refractivity (Wildman–Crippen MR) is 79.4 cm³/mol. The highest BCUT2D eigenvalue weighted by atomic mass is 16.7. The Balaban J connectivity index is 2.30. The smallest absolute Gasteiger partial charge is 0.339 e. The minimum atomic E-state index is -1.47. The number of benzene rings is 1. The molecule has 1 aromatic rings. The van der Waals surface area contributed by atoms with Gasteiger partial charge in [0, 0.05) is 6.92 Å². The Bertz CT molecular complexity index is 607. The summed E-state index contributed by atoms with van der Waals surface area (Å²) < 4.78 is 10.9. The average molecular weight is 341 g/mol. The van der Waals surface area contributed by atoms with Crippen LogP contribution in [-0.2, 0) is 9.53 Å². The lowest BCUT2D eigenvalue weighted by Crippen LogP contribution is -2.65. The van der Waals surface area contributed by atoms with Crippen LogP contribution in [0.25, 0.3) is 0 Å². The molecule has 0 aliphatic carbocycles. The van der Waals surface area contributed by atoms with E-state index in [9.17, 15) is 30.0 Å². The molecule has 1 aliphatic rings. The molecule has 5 N–H and O–H groups in total. The van der Waals surface area contributed by atoms with Crippen molar-refractivity contribution in [2.24, 2.45) is 0 Å². The molecule has 9 heteroatoms. The largest absolute Gasteiger partial charge is 0.478 e. The van der Waals surface area contributed by atoms with Gasteiger partial charge in [0.2, 0.25) is 12.2 Å². The first-order valence-electron chi connectivity index (χ1n) is 7.23. The van der Waals surface area contributed by atoms with Gasteiger partial charge in [-0.2, -0.15) is 0 Å². The lowest BCUT2D eigenvalue weighted by atomic mass is 9.97. The fraction of sp³-hybridized carbons (Fsp3) is 0.467. The van der Waals surface area contributed by atoms with E-state index in [0.29, 0.717) is 0 Å². The molecule has 1 fully saturated rings. The standard InChI is InChI=1S/C15H19NO8/c1-7(18)16-11-13(20)12(19)10(6-17)24-15(11)23-9-5-3-2-4-8(9)14(21)22/h2-5,10-13,15,17,19-20H,6H2,1H3,(H,16,18)(H,21,22)/t10-,11+,12-,13-,15-/m1/s1. The number of aliphatic hydroxyl groups excluding tert-OH is 3. The number of nitrogens with one attached hydrogen (secondary N) is 1. The molecule has 1 amide bonds. The number of para-hydroxylation sites is 1. The molecular formula is C15H19NO8. The van der Waals surface area contributed by atoms with Crippen LogP contribution in [-0.4, -0.2) is 69.6 Å². The Morgan fingerprint density at radius 3 is 2.50 bits per heavy atom. The van der Waals surface area contributed by atoms with Crippen molar-refractivity contribution in [2.45, 2.75) is 37.6 Å². The van der Waals surface area contributed by atoms with Crippen molar-refractivity contribution in [1.29, 1.82) is 0 Å². The molecule has 0 aromatic heterocycles. The average Bonchev–Trinajstić information content (AvgIpc) is 2.54. The first kappa shape index (κ1) is 18.1. The fourth-order valence-corrected chi connectivity index (χ4v) is 2.44. The normalized spacial score (nSPS) is 29.8. The Hall–Kier alpha value is -2.20. The summed E-state index contributed by atoms with van der Waals surface area (Å²) in [4.78, 5) is 22.6. The summed E-state index contributed by atoms with van der Waals surface area (Å²) in [5, 5.41) is 40.9. The molecule has 1 aromatic carbocycles. The van der Waals surface area contributed by atoms with Crippen molar-refractivity contribution in [2.75, 3.05) is 6.61 Å². The molecule has 132 valence electrons. The maximum absolute atomic E-state index is 11.3. The number of hydrogen-bond donors (Lipinski definition) is 5. The van der Waals surface area contributed by atoms with Gasteiger partial charge in [0.15, 0.2) is 0 Å².